The van der Waals surface area contributed by atoms with Crippen LogP contribution in [0.5, 0.6) is 0 Å². The number of nitrogens with zero attached hydrogens (tertiary/aromatic N) is 6. The number of nitrogens with one attached hydrogen (secondary N) is 2. The highest BCUT2D eigenvalue weighted by Crippen LogP contribution is 2.26. The molecule has 0 radical (unpaired) electrons. The Hall–Kier alpha value is -3.01. The molecule has 0 amide bonds. The van der Waals surface area contributed by atoms with Crippen molar-refractivity contribution in [2.24, 2.45) is 0 Å². The van der Waals surface area contributed by atoms with E-state index in [-0.39, 0.29) is 5.82 Å². The van der Waals surface area contributed by atoms with Crippen LogP contribution < -0.4 is 5.32 Å². The molecule has 0 bridgehead atoms. The second kappa shape index (κ2) is 9.93. The van der Waals surface area contributed by atoms with Gasteiger partial charge in [0.1, 0.15) is 11.6 Å². The lowest BCUT2D eigenvalue weighted by molar-refractivity contribution is 0.130. The summed E-state index contributed by atoms with van der Waals surface area (Å²) in [5.74, 6) is 1.05. The van der Waals surface area contributed by atoms with E-state index in [1.807, 2.05) is 30.5 Å². The van der Waals surface area contributed by atoms with E-state index in [0.717, 1.165) is 67.6 Å². The first-order valence-electron chi connectivity index (χ1n) is 12.0. The maximum Gasteiger partial charge on any atom is 0.161 e. The SMILES string of the molecule is CCN1CCN(Cc2cc(Nc3cc(C)[nH]n3)nc3c(Cc4ccc(Cl)cc4F)c(C)nn23)CC1. The largest absolute Gasteiger partial charge is 0.323 e. The third-order valence-electron chi connectivity index (χ3n) is 6.60. The molecule has 184 valence electrons. The number of fused-ring (bicyclic) bond motifs is 1. The molecule has 4 aromatic rings. The van der Waals surface area contributed by atoms with Gasteiger partial charge in [-0.25, -0.2) is 13.9 Å². The second-order valence-electron chi connectivity index (χ2n) is 9.12. The number of hydrogen-bond acceptors (Lipinski definition) is 6. The molecule has 5 rings (SSSR count). The Morgan fingerprint density at radius 1 is 1.06 bits per heavy atom. The van der Waals surface area contributed by atoms with Crippen LogP contribution in [0.3, 0.4) is 0 Å². The quantitative estimate of drug-likeness (QED) is 0.396. The Morgan fingerprint density at radius 2 is 1.83 bits per heavy atom. The van der Waals surface area contributed by atoms with Crippen LogP contribution in [0.1, 0.15) is 35.1 Å². The van der Waals surface area contributed by atoms with Crippen LogP contribution in [-0.4, -0.2) is 67.3 Å². The number of rotatable bonds is 7. The molecule has 0 unspecified atom stereocenters. The third kappa shape index (κ3) is 5.17. The summed E-state index contributed by atoms with van der Waals surface area (Å²) in [5, 5.41) is 15.8. The van der Waals surface area contributed by atoms with Gasteiger partial charge >= 0.3 is 0 Å². The highest BCUT2D eigenvalue weighted by molar-refractivity contribution is 6.30. The van der Waals surface area contributed by atoms with Crippen molar-refractivity contribution in [2.45, 2.75) is 33.7 Å². The molecule has 0 aliphatic carbocycles. The lowest BCUT2D eigenvalue weighted by Crippen LogP contribution is -2.45. The zero-order valence-corrected chi connectivity index (χ0v) is 21.0. The number of aryl methyl sites for hydroxylation is 2. The predicted octanol–water partition coefficient (Wildman–Crippen LogP) is 4.33. The molecular formula is C25H30ClFN8. The average molecular weight is 497 g/mol. The van der Waals surface area contributed by atoms with Gasteiger partial charge in [0.15, 0.2) is 11.5 Å². The summed E-state index contributed by atoms with van der Waals surface area (Å²) in [7, 11) is 0. The number of aromatic nitrogens is 5. The fourth-order valence-electron chi connectivity index (χ4n) is 4.57. The van der Waals surface area contributed by atoms with Crippen molar-refractivity contribution < 1.29 is 4.39 Å². The molecule has 0 saturated carbocycles. The fraction of sp³-hybridized carbons (Fsp3) is 0.400. The molecule has 1 saturated heterocycles. The fourth-order valence-corrected chi connectivity index (χ4v) is 4.73. The third-order valence-corrected chi connectivity index (χ3v) is 6.84. The van der Waals surface area contributed by atoms with E-state index in [1.54, 1.807) is 12.1 Å². The van der Waals surface area contributed by atoms with Crippen LogP contribution in [0, 0.1) is 19.7 Å². The predicted molar refractivity (Wildman–Crippen MR) is 136 cm³/mol. The molecule has 3 aromatic heterocycles. The average Bonchev–Trinajstić information content (AvgIpc) is 3.38. The van der Waals surface area contributed by atoms with Gasteiger partial charge < -0.3 is 10.2 Å². The van der Waals surface area contributed by atoms with Gasteiger partial charge in [-0.05, 0) is 38.1 Å². The molecule has 35 heavy (non-hydrogen) atoms. The highest BCUT2D eigenvalue weighted by atomic mass is 35.5. The smallest absolute Gasteiger partial charge is 0.161 e. The Morgan fingerprint density at radius 3 is 2.51 bits per heavy atom. The van der Waals surface area contributed by atoms with Crippen LogP contribution in [0.25, 0.3) is 5.65 Å². The first-order chi connectivity index (χ1) is 16.9. The highest BCUT2D eigenvalue weighted by Gasteiger charge is 2.21. The molecule has 1 aliphatic heterocycles. The van der Waals surface area contributed by atoms with Crippen molar-refractivity contribution in [1.82, 2.24) is 34.6 Å². The number of hydrogen-bond donors (Lipinski definition) is 2. The van der Waals surface area contributed by atoms with Crippen LogP contribution in [0.2, 0.25) is 5.02 Å². The molecule has 2 N–H and O–H groups in total. The summed E-state index contributed by atoms with van der Waals surface area (Å²) in [5.41, 5.74) is 4.99. The van der Waals surface area contributed by atoms with Gasteiger partial charge in [-0.15, -0.1) is 0 Å². The maximum absolute atomic E-state index is 14.6. The standard InChI is InChI=1S/C25H30ClFN8/c1-4-33-7-9-34(10-8-33)15-20-14-23(28-24-11-16(2)30-31-24)29-25-21(17(3)32-35(20)25)12-18-5-6-19(26)13-22(18)27/h5-6,11,13-14H,4,7-10,12,15H2,1-3H3,(H2,28,29,30,31). The Kier molecular flexibility index (Phi) is 6.73. The van der Waals surface area contributed by atoms with E-state index < -0.39 is 0 Å². The van der Waals surface area contributed by atoms with Crippen LogP contribution in [0.15, 0.2) is 30.3 Å². The summed E-state index contributed by atoms with van der Waals surface area (Å²) in [4.78, 5) is 9.79. The van der Waals surface area contributed by atoms with Crippen LogP contribution in [0.4, 0.5) is 16.0 Å². The Labute approximate surface area is 209 Å². The van der Waals surface area contributed by atoms with Crippen molar-refractivity contribution in [2.75, 3.05) is 38.0 Å². The maximum atomic E-state index is 14.6. The van der Waals surface area contributed by atoms with E-state index in [9.17, 15) is 4.39 Å². The second-order valence-corrected chi connectivity index (χ2v) is 9.55. The van der Waals surface area contributed by atoms with Crippen molar-refractivity contribution in [3.63, 3.8) is 0 Å². The van der Waals surface area contributed by atoms with Gasteiger partial charge in [-0.2, -0.15) is 10.2 Å². The van der Waals surface area contributed by atoms with Gasteiger partial charge in [0.05, 0.1) is 11.4 Å². The Balaban J connectivity index is 1.53. The number of piperazine rings is 1. The van der Waals surface area contributed by atoms with E-state index in [1.165, 1.54) is 6.07 Å². The van der Waals surface area contributed by atoms with Gasteiger partial charge in [0.25, 0.3) is 0 Å². The van der Waals surface area contributed by atoms with Crippen molar-refractivity contribution in [3.8, 4) is 0 Å². The first kappa shape index (κ1) is 23.7. The molecule has 10 heteroatoms. The number of anilines is 2. The molecule has 1 aromatic carbocycles. The molecule has 1 aliphatic rings. The zero-order valence-electron chi connectivity index (χ0n) is 20.3. The lowest BCUT2D eigenvalue weighted by Gasteiger charge is -2.34. The van der Waals surface area contributed by atoms with Gasteiger partial charge in [0, 0.05) is 67.6 Å². The molecular weight excluding hydrogens is 467 g/mol. The van der Waals surface area contributed by atoms with Gasteiger partial charge in [-0.3, -0.25) is 10.00 Å². The minimum atomic E-state index is -0.327. The Bertz CT molecular complexity index is 1340. The molecule has 4 heterocycles. The number of H-pyrrole nitrogens is 1. The zero-order chi connectivity index (χ0) is 24.5. The normalized spacial score (nSPS) is 15.2. The van der Waals surface area contributed by atoms with Crippen LogP contribution >= 0.6 is 11.6 Å². The van der Waals surface area contributed by atoms with E-state index in [0.29, 0.717) is 28.6 Å². The van der Waals surface area contributed by atoms with Crippen molar-refractivity contribution in [1.29, 1.82) is 0 Å². The summed E-state index contributed by atoms with van der Waals surface area (Å²) in [6.07, 6.45) is 0.380. The minimum Gasteiger partial charge on any atom is -0.323 e. The monoisotopic (exact) mass is 496 g/mol. The topological polar surface area (TPSA) is 77.4 Å². The van der Waals surface area contributed by atoms with Crippen molar-refractivity contribution in [3.05, 3.63) is 69.4 Å². The molecule has 8 nitrogen and oxygen atoms in total. The summed E-state index contributed by atoms with van der Waals surface area (Å²) >= 11 is 5.96. The number of likely N-dealkylation sites (N-methyl/N-ethyl adjacent to an activating group) is 1. The number of aromatic amines is 1. The van der Waals surface area contributed by atoms with Crippen molar-refractivity contribution >= 4 is 28.9 Å². The van der Waals surface area contributed by atoms with E-state index in [4.69, 9.17) is 21.7 Å². The van der Waals surface area contributed by atoms with Crippen LogP contribution in [-0.2, 0) is 13.0 Å². The minimum absolute atomic E-state index is 0.327. The summed E-state index contributed by atoms with van der Waals surface area (Å²) in [6.45, 7) is 12.1. The number of halogens is 2. The van der Waals surface area contributed by atoms with Gasteiger partial charge in [-0.1, -0.05) is 24.6 Å². The number of benzene rings is 1. The first-order valence-corrected chi connectivity index (χ1v) is 12.3. The molecule has 0 atom stereocenters. The van der Waals surface area contributed by atoms with E-state index in [2.05, 4.69) is 32.2 Å². The summed E-state index contributed by atoms with van der Waals surface area (Å²) in [6, 6.07) is 8.75. The van der Waals surface area contributed by atoms with E-state index >= 15 is 0 Å². The molecule has 1 fully saturated rings. The van der Waals surface area contributed by atoms with Gasteiger partial charge in [0.2, 0.25) is 0 Å². The lowest BCUT2D eigenvalue weighted by atomic mass is 10.0. The molecule has 0 spiro atoms. The summed E-state index contributed by atoms with van der Waals surface area (Å²) < 4.78 is 16.5.